The maximum absolute atomic E-state index is 10.2. The van der Waals surface area contributed by atoms with E-state index in [1.54, 1.807) is 30.3 Å². The number of aliphatic hydroxyl groups excluding tert-OH is 1. The second-order valence-electron chi connectivity index (χ2n) is 7.69. The summed E-state index contributed by atoms with van der Waals surface area (Å²) in [6.45, 7) is 13.3. The highest BCUT2D eigenvalue weighted by molar-refractivity contribution is 5.74. The molecule has 1 atom stereocenters. The van der Waals surface area contributed by atoms with E-state index < -0.39 is 0 Å². The molecule has 1 saturated carbocycles. The standard InChI is InChI=1S/C16H25NO.C9H10O2.C2H6.CH4O/c1-3-14-6-7-15(18)10-16(14)12(2)8-9-17-11-13-4-5-13;1-2-11-9-5-3-8(7-10)4-6-9;2*1-2/h6-7,10,12-13,17-18H,3-5,8-9,11H2,1-2H3;3-7H,2H2,1H3;1-2H3;2H,1H3. The van der Waals surface area contributed by atoms with Gasteiger partial charge < -0.3 is 20.3 Å². The SMILES string of the molecule is CC.CCOc1ccc(C=O)cc1.CCc1ccc(O)cc1C(C)CCNCC1CC1.CO. The number of aryl methyl sites for hydroxylation is 1. The largest absolute Gasteiger partial charge is 0.508 e. The summed E-state index contributed by atoms with van der Waals surface area (Å²) in [5.41, 5.74) is 3.35. The van der Waals surface area contributed by atoms with Crippen LogP contribution in [0, 0.1) is 5.92 Å². The molecule has 1 fully saturated rings. The average molecular weight is 460 g/mol. The second-order valence-corrected chi connectivity index (χ2v) is 7.69. The molecular weight excluding hydrogens is 414 g/mol. The van der Waals surface area contributed by atoms with E-state index in [1.807, 2.05) is 26.8 Å². The molecule has 186 valence electrons. The van der Waals surface area contributed by atoms with Crippen molar-refractivity contribution in [1.82, 2.24) is 5.32 Å². The van der Waals surface area contributed by atoms with Crippen molar-refractivity contribution in [1.29, 1.82) is 0 Å². The Morgan fingerprint density at radius 1 is 1.09 bits per heavy atom. The van der Waals surface area contributed by atoms with Crippen LogP contribution in [0.25, 0.3) is 0 Å². The molecule has 0 heterocycles. The van der Waals surface area contributed by atoms with Crippen LogP contribution in [0.5, 0.6) is 11.5 Å². The maximum Gasteiger partial charge on any atom is 0.150 e. The number of aldehydes is 1. The van der Waals surface area contributed by atoms with Gasteiger partial charge in [0.1, 0.15) is 17.8 Å². The lowest BCUT2D eigenvalue weighted by Crippen LogP contribution is -2.19. The summed E-state index contributed by atoms with van der Waals surface area (Å²) in [4.78, 5) is 10.2. The summed E-state index contributed by atoms with van der Waals surface area (Å²) in [5, 5.41) is 20.2. The molecule has 0 bridgehead atoms. The molecule has 1 unspecified atom stereocenters. The van der Waals surface area contributed by atoms with Gasteiger partial charge in [-0.1, -0.05) is 33.8 Å². The van der Waals surface area contributed by atoms with Gasteiger partial charge in [0, 0.05) is 12.7 Å². The predicted octanol–water partition coefficient (Wildman–Crippen LogP) is 5.98. The molecule has 2 aromatic carbocycles. The molecule has 33 heavy (non-hydrogen) atoms. The van der Waals surface area contributed by atoms with E-state index in [0.717, 1.165) is 44.4 Å². The van der Waals surface area contributed by atoms with E-state index in [2.05, 4.69) is 25.2 Å². The summed E-state index contributed by atoms with van der Waals surface area (Å²) in [6, 6.07) is 12.8. The van der Waals surface area contributed by atoms with Crippen molar-refractivity contribution < 1.29 is 19.7 Å². The Balaban J connectivity index is 0.000000586. The fraction of sp³-hybridized carbons (Fsp3) is 0.536. The van der Waals surface area contributed by atoms with E-state index in [9.17, 15) is 9.90 Å². The van der Waals surface area contributed by atoms with Gasteiger partial charge >= 0.3 is 0 Å². The molecule has 0 amide bonds. The summed E-state index contributed by atoms with van der Waals surface area (Å²) in [6.07, 6.45) is 5.82. The number of aliphatic hydroxyl groups is 1. The summed E-state index contributed by atoms with van der Waals surface area (Å²) >= 11 is 0. The zero-order valence-corrected chi connectivity index (χ0v) is 21.4. The molecule has 5 heteroatoms. The molecule has 0 aliphatic heterocycles. The highest BCUT2D eigenvalue weighted by Crippen LogP contribution is 2.28. The maximum atomic E-state index is 10.2. The highest BCUT2D eigenvalue weighted by atomic mass is 16.5. The van der Waals surface area contributed by atoms with Gasteiger partial charge in [0.25, 0.3) is 0 Å². The molecule has 0 spiro atoms. The van der Waals surface area contributed by atoms with E-state index >= 15 is 0 Å². The van der Waals surface area contributed by atoms with Crippen LogP contribution in [0.15, 0.2) is 42.5 Å². The van der Waals surface area contributed by atoms with Gasteiger partial charge in [-0.25, -0.2) is 0 Å². The number of hydrogen-bond donors (Lipinski definition) is 3. The zero-order chi connectivity index (χ0) is 25.1. The summed E-state index contributed by atoms with van der Waals surface area (Å²) in [7, 11) is 1.00. The van der Waals surface area contributed by atoms with Gasteiger partial charge in [-0.05, 0) is 105 Å². The first kappa shape index (κ1) is 30.6. The Labute approximate surface area is 201 Å². The quantitative estimate of drug-likeness (QED) is 0.301. The Bertz CT molecular complexity index is 742. The fourth-order valence-electron chi connectivity index (χ4n) is 3.27. The Morgan fingerprint density at radius 2 is 1.73 bits per heavy atom. The Kier molecular flexibility index (Phi) is 17.8. The predicted molar refractivity (Wildman–Crippen MR) is 139 cm³/mol. The third-order valence-electron chi connectivity index (χ3n) is 5.25. The number of phenolic OH excluding ortho intramolecular Hbond substituents is 1. The van der Waals surface area contributed by atoms with Crippen LogP contribution >= 0.6 is 0 Å². The molecule has 0 saturated heterocycles. The van der Waals surface area contributed by atoms with Crippen LogP contribution < -0.4 is 10.1 Å². The lowest BCUT2D eigenvalue weighted by Gasteiger charge is -2.16. The van der Waals surface area contributed by atoms with Gasteiger partial charge in [-0.2, -0.15) is 0 Å². The lowest BCUT2D eigenvalue weighted by molar-refractivity contribution is 0.112. The number of carbonyl (C=O) groups is 1. The van der Waals surface area contributed by atoms with Crippen LogP contribution in [0.2, 0.25) is 0 Å². The number of benzene rings is 2. The van der Waals surface area contributed by atoms with Gasteiger partial charge in [0.2, 0.25) is 0 Å². The fourth-order valence-corrected chi connectivity index (χ4v) is 3.27. The first-order chi connectivity index (χ1) is 16.1. The zero-order valence-electron chi connectivity index (χ0n) is 21.4. The number of nitrogens with one attached hydrogen (secondary N) is 1. The van der Waals surface area contributed by atoms with Crippen LogP contribution in [0.3, 0.4) is 0 Å². The third-order valence-corrected chi connectivity index (χ3v) is 5.25. The Hall–Kier alpha value is -2.37. The molecular formula is C28H45NO4. The molecule has 0 radical (unpaired) electrons. The van der Waals surface area contributed by atoms with Gasteiger partial charge in [0.05, 0.1) is 6.61 Å². The van der Waals surface area contributed by atoms with Crippen LogP contribution in [0.1, 0.15) is 81.3 Å². The van der Waals surface area contributed by atoms with Crippen molar-refractivity contribution in [3.05, 3.63) is 59.2 Å². The van der Waals surface area contributed by atoms with Crippen LogP contribution in [0.4, 0.5) is 0 Å². The molecule has 1 aliphatic rings. The minimum Gasteiger partial charge on any atom is -0.508 e. The van der Waals surface area contributed by atoms with Crippen LogP contribution in [-0.4, -0.2) is 43.3 Å². The molecule has 2 aromatic rings. The van der Waals surface area contributed by atoms with Crippen molar-refractivity contribution >= 4 is 6.29 Å². The van der Waals surface area contributed by atoms with Crippen molar-refractivity contribution in [3.63, 3.8) is 0 Å². The number of rotatable bonds is 10. The number of hydrogen-bond acceptors (Lipinski definition) is 5. The second kappa shape index (κ2) is 19.1. The van der Waals surface area contributed by atoms with Gasteiger partial charge in [-0.3, -0.25) is 4.79 Å². The van der Waals surface area contributed by atoms with E-state index in [0.29, 0.717) is 23.8 Å². The number of phenols is 1. The highest BCUT2D eigenvalue weighted by Gasteiger charge is 2.20. The van der Waals surface area contributed by atoms with Gasteiger partial charge in [0.15, 0.2) is 0 Å². The molecule has 3 N–H and O–H groups in total. The topological polar surface area (TPSA) is 78.8 Å². The Morgan fingerprint density at radius 3 is 2.24 bits per heavy atom. The molecule has 5 nitrogen and oxygen atoms in total. The minimum atomic E-state index is 0.389. The van der Waals surface area contributed by atoms with E-state index in [4.69, 9.17) is 9.84 Å². The molecule has 0 aromatic heterocycles. The normalized spacial score (nSPS) is 12.6. The third kappa shape index (κ3) is 13.1. The van der Waals surface area contributed by atoms with Crippen LogP contribution in [-0.2, 0) is 6.42 Å². The van der Waals surface area contributed by atoms with Gasteiger partial charge in [-0.15, -0.1) is 0 Å². The van der Waals surface area contributed by atoms with E-state index in [-0.39, 0.29) is 0 Å². The monoisotopic (exact) mass is 459 g/mol. The first-order valence-electron chi connectivity index (χ1n) is 12.2. The smallest absolute Gasteiger partial charge is 0.150 e. The first-order valence-corrected chi connectivity index (χ1v) is 12.2. The number of ether oxygens (including phenoxy) is 1. The lowest BCUT2D eigenvalue weighted by atomic mass is 9.91. The van der Waals surface area contributed by atoms with Crippen molar-refractivity contribution in [3.8, 4) is 11.5 Å². The summed E-state index contributed by atoms with van der Waals surface area (Å²) < 4.78 is 5.19. The summed E-state index contributed by atoms with van der Waals surface area (Å²) in [5.74, 6) is 2.66. The molecule has 1 aliphatic carbocycles. The number of aromatic hydroxyl groups is 1. The number of carbonyl (C=O) groups excluding carboxylic acids is 1. The average Bonchev–Trinajstić information content (AvgIpc) is 3.70. The van der Waals surface area contributed by atoms with Crippen molar-refractivity contribution in [2.45, 2.75) is 66.2 Å². The minimum absolute atomic E-state index is 0.389. The van der Waals surface area contributed by atoms with Crippen molar-refractivity contribution in [2.24, 2.45) is 5.92 Å². The van der Waals surface area contributed by atoms with Crippen molar-refractivity contribution in [2.75, 3.05) is 26.8 Å². The molecule has 3 rings (SSSR count). The van der Waals surface area contributed by atoms with E-state index in [1.165, 1.54) is 30.5 Å².